The molecular weight excluding hydrogens is 318 g/mol. The highest BCUT2D eigenvalue weighted by Crippen LogP contribution is 2.29. The summed E-state index contributed by atoms with van der Waals surface area (Å²) in [7, 11) is 3.67. The zero-order chi connectivity index (χ0) is 14.5. The molecule has 2 aromatic rings. The molecule has 4 heteroatoms. The molecule has 1 atom stereocenters. The Labute approximate surface area is 128 Å². The maximum Gasteiger partial charge on any atom is 0.119 e. The van der Waals surface area contributed by atoms with Crippen molar-refractivity contribution in [3.8, 4) is 5.75 Å². The fourth-order valence-corrected chi connectivity index (χ4v) is 2.78. The highest BCUT2D eigenvalue weighted by molar-refractivity contribution is 9.10. The van der Waals surface area contributed by atoms with Crippen molar-refractivity contribution in [2.24, 2.45) is 0 Å². The quantitative estimate of drug-likeness (QED) is 0.861. The van der Waals surface area contributed by atoms with E-state index in [2.05, 4.69) is 34.2 Å². The molecular formula is C16H20BrNO2. The van der Waals surface area contributed by atoms with Gasteiger partial charge in [0.2, 0.25) is 0 Å². The Morgan fingerprint density at radius 1 is 1.35 bits per heavy atom. The van der Waals surface area contributed by atoms with E-state index in [1.54, 1.807) is 13.4 Å². The van der Waals surface area contributed by atoms with Gasteiger partial charge in [-0.15, -0.1) is 0 Å². The molecule has 1 heterocycles. The maximum absolute atomic E-state index is 5.53. The third-order valence-corrected chi connectivity index (χ3v) is 4.28. The number of ether oxygens (including phenoxy) is 1. The predicted octanol–water partition coefficient (Wildman–Crippen LogP) is 4.12. The molecule has 1 unspecified atom stereocenters. The van der Waals surface area contributed by atoms with Crippen molar-refractivity contribution in [3.05, 3.63) is 51.9 Å². The summed E-state index contributed by atoms with van der Waals surface area (Å²) in [5.74, 6) is 1.92. The van der Waals surface area contributed by atoms with E-state index in [1.165, 1.54) is 11.1 Å². The van der Waals surface area contributed by atoms with Crippen molar-refractivity contribution in [2.75, 3.05) is 14.2 Å². The highest BCUT2D eigenvalue weighted by Gasteiger charge is 2.17. The zero-order valence-electron chi connectivity index (χ0n) is 12.1. The minimum Gasteiger partial charge on any atom is -0.497 e. The number of halogens is 1. The second kappa shape index (κ2) is 6.95. The highest BCUT2D eigenvalue weighted by atomic mass is 79.9. The Morgan fingerprint density at radius 2 is 2.15 bits per heavy atom. The number of nitrogens with one attached hydrogen (secondary N) is 1. The fraction of sp³-hybridized carbons (Fsp3) is 0.375. The Hall–Kier alpha value is -1.26. The molecule has 0 spiro atoms. The lowest BCUT2D eigenvalue weighted by atomic mass is 9.98. The molecule has 1 aromatic carbocycles. The van der Waals surface area contributed by atoms with Crippen LogP contribution in [0.25, 0.3) is 0 Å². The summed E-state index contributed by atoms with van der Waals surface area (Å²) in [6.07, 6.45) is 3.54. The molecule has 0 amide bonds. The Kier molecular flexibility index (Phi) is 5.26. The largest absolute Gasteiger partial charge is 0.497 e. The number of aryl methyl sites for hydroxylation is 1. The molecule has 0 fully saturated rings. The van der Waals surface area contributed by atoms with E-state index in [4.69, 9.17) is 9.15 Å². The number of furan rings is 1. The van der Waals surface area contributed by atoms with Gasteiger partial charge in [0.05, 0.1) is 13.4 Å². The summed E-state index contributed by atoms with van der Waals surface area (Å²) in [5.41, 5.74) is 2.44. The van der Waals surface area contributed by atoms with Crippen molar-refractivity contribution < 1.29 is 9.15 Å². The standard InChI is InChI=1S/C16H20BrNO2/c1-4-16-13(7-8-20-16)15(18-2)10-11-9-12(19-3)5-6-14(11)17/h5-9,15,18H,4,10H2,1-3H3. The third-order valence-electron chi connectivity index (χ3n) is 3.50. The average Bonchev–Trinajstić information content (AvgIpc) is 2.94. The van der Waals surface area contributed by atoms with Gasteiger partial charge in [0.25, 0.3) is 0 Å². The second-order valence-electron chi connectivity index (χ2n) is 4.66. The van der Waals surface area contributed by atoms with Crippen LogP contribution in [-0.2, 0) is 12.8 Å². The van der Waals surface area contributed by atoms with E-state index in [0.717, 1.165) is 28.8 Å². The molecule has 1 aromatic heterocycles. The van der Waals surface area contributed by atoms with E-state index < -0.39 is 0 Å². The van der Waals surface area contributed by atoms with E-state index in [0.29, 0.717) is 0 Å². The van der Waals surface area contributed by atoms with Crippen molar-refractivity contribution in [1.29, 1.82) is 0 Å². The van der Waals surface area contributed by atoms with Crippen LogP contribution < -0.4 is 10.1 Å². The molecule has 0 bridgehead atoms. The number of likely N-dealkylation sites (N-methyl/N-ethyl adjacent to an activating group) is 1. The SMILES string of the molecule is CCc1occc1C(Cc1cc(OC)ccc1Br)NC. The summed E-state index contributed by atoms with van der Waals surface area (Å²) in [4.78, 5) is 0. The third kappa shape index (κ3) is 3.25. The molecule has 0 aliphatic rings. The molecule has 108 valence electrons. The second-order valence-corrected chi connectivity index (χ2v) is 5.51. The van der Waals surface area contributed by atoms with Gasteiger partial charge in [-0.25, -0.2) is 0 Å². The molecule has 20 heavy (non-hydrogen) atoms. The first-order chi connectivity index (χ1) is 9.69. The summed E-state index contributed by atoms with van der Waals surface area (Å²) in [6.45, 7) is 2.11. The maximum atomic E-state index is 5.53. The van der Waals surface area contributed by atoms with Crippen molar-refractivity contribution in [2.45, 2.75) is 25.8 Å². The van der Waals surface area contributed by atoms with Crippen LogP contribution in [0.4, 0.5) is 0 Å². The van der Waals surface area contributed by atoms with Gasteiger partial charge in [0, 0.05) is 22.5 Å². The molecule has 0 saturated heterocycles. The lowest BCUT2D eigenvalue weighted by molar-refractivity contribution is 0.413. The van der Waals surface area contributed by atoms with Crippen LogP contribution in [0, 0.1) is 0 Å². The van der Waals surface area contributed by atoms with Crippen molar-refractivity contribution in [1.82, 2.24) is 5.32 Å². The van der Waals surface area contributed by atoms with Crippen LogP contribution in [0.5, 0.6) is 5.75 Å². The molecule has 2 rings (SSSR count). The number of benzene rings is 1. The zero-order valence-corrected chi connectivity index (χ0v) is 13.7. The first-order valence-corrected chi connectivity index (χ1v) is 7.54. The number of methoxy groups -OCH3 is 1. The normalized spacial score (nSPS) is 12.4. The van der Waals surface area contributed by atoms with Gasteiger partial charge >= 0.3 is 0 Å². The molecule has 3 nitrogen and oxygen atoms in total. The van der Waals surface area contributed by atoms with Crippen LogP contribution in [0.15, 0.2) is 39.4 Å². The average molecular weight is 338 g/mol. The summed E-state index contributed by atoms with van der Waals surface area (Å²) in [6, 6.07) is 8.33. The minimum absolute atomic E-state index is 0.229. The van der Waals surface area contributed by atoms with Crippen molar-refractivity contribution >= 4 is 15.9 Å². The fourth-order valence-electron chi connectivity index (χ4n) is 2.37. The monoisotopic (exact) mass is 337 g/mol. The summed E-state index contributed by atoms with van der Waals surface area (Å²) in [5, 5.41) is 3.37. The molecule has 0 saturated carbocycles. The van der Waals surface area contributed by atoms with Crippen LogP contribution >= 0.6 is 15.9 Å². The lowest BCUT2D eigenvalue weighted by Crippen LogP contribution is -2.19. The summed E-state index contributed by atoms with van der Waals surface area (Å²) < 4.78 is 11.9. The van der Waals surface area contributed by atoms with E-state index in [1.807, 2.05) is 25.2 Å². The first-order valence-electron chi connectivity index (χ1n) is 6.75. The van der Waals surface area contributed by atoms with Crippen molar-refractivity contribution in [3.63, 3.8) is 0 Å². The van der Waals surface area contributed by atoms with Gasteiger partial charge in [0.15, 0.2) is 0 Å². The number of rotatable bonds is 6. The van der Waals surface area contributed by atoms with Gasteiger partial charge in [-0.05, 0) is 43.3 Å². The van der Waals surface area contributed by atoms with Gasteiger partial charge in [-0.3, -0.25) is 0 Å². The first kappa shape index (κ1) is 15.1. The van der Waals surface area contributed by atoms with Gasteiger partial charge in [0.1, 0.15) is 11.5 Å². The number of hydrogen-bond donors (Lipinski definition) is 1. The van der Waals surface area contributed by atoms with E-state index >= 15 is 0 Å². The minimum atomic E-state index is 0.229. The molecule has 1 N–H and O–H groups in total. The van der Waals surface area contributed by atoms with E-state index in [9.17, 15) is 0 Å². The van der Waals surface area contributed by atoms with Gasteiger partial charge in [-0.1, -0.05) is 22.9 Å². The Balaban J connectivity index is 2.26. The number of hydrogen-bond acceptors (Lipinski definition) is 3. The Morgan fingerprint density at radius 3 is 2.80 bits per heavy atom. The molecule has 0 radical (unpaired) electrons. The topological polar surface area (TPSA) is 34.4 Å². The van der Waals surface area contributed by atoms with Crippen LogP contribution in [0.2, 0.25) is 0 Å². The Bertz CT molecular complexity index is 565. The van der Waals surface area contributed by atoms with E-state index in [-0.39, 0.29) is 6.04 Å². The summed E-state index contributed by atoms with van der Waals surface area (Å²) >= 11 is 3.61. The van der Waals surface area contributed by atoms with Crippen LogP contribution in [0.3, 0.4) is 0 Å². The predicted molar refractivity (Wildman–Crippen MR) is 84.3 cm³/mol. The molecule has 0 aliphatic carbocycles. The molecule has 0 aliphatic heterocycles. The van der Waals surface area contributed by atoms with Gasteiger partial charge < -0.3 is 14.5 Å². The smallest absolute Gasteiger partial charge is 0.119 e. The lowest BCUT2D eigenvalue weighted by Gasteiger charge is -2.17. The van der Waals surface area contributed by atoms with Gasteiger partial charge in [-0.2, -0.15) is 0 Å². The van der Waals surface area contributed by atoms with Crippen LogP contribution in [0.1, 0.15) is 29.9 Å². The van der Waals surface area contributed by atoms with Crippen LogP contribution in [-0.4, -0.2) is 14.2 Å².